The topological polar surface area (TPSA) is 57.5 Å². The van der Waals surface area contributed by atoms with Gasteiger partial charge < -0.3 is 10.2 Å². The van der Waals surface area contributed by atoms with Gasteiger partial charge in [0.25, 0.3) is 0 Å². The fraction of sp³-hybridized carbons (Fsp3) is 0.286. The number of aliphatic hydroxyl groups excluding tert-OH is 1. The van der Waals surface area contributed by atoms with Gasteiger partial charge in [-0.05, 0) is 11.4 Å². The van der Waals surface area contributed by atoms with Crippen LogP contribution in [-0.4, -0.2) is 22.3 Å². The van der Waals surface area contributed by atoms with Crippen LogP contribution in [0, 0.1) is 0 Å². The smallest absolute Gasteiger partial charge is 0.332 e. The molecule has 1 rings (SSSR count). The van der Waals surface area contributed by atoms with E-state index in [4.69, 9.17) is 21.8 Å². The van der Waals surface area contributed by atoms with E-state index in [9.17, 15) is 4.79 Å². The monoisotopic (exact) mass is 206 g/mol. The molecule has 0 aromatic carbocycles. The highest BCUT2D eigenvalue weighted by Crippen LogP contribution is 2.23. The first kappa shape index (κ1) is 9.51. The summed E-state index contributed by atoms with van der Waals surface area (Å²) in [6, 6.07) is 1.68. The van der Waals surface area contributed by atoms with Crippen LogP contribution in [0.1, 0.15) is 4.88 Å². The minimum atomic E-state index is -1.36. The van der Waals surface area contributed by atoms with E-state index in [2.05, 4.69) is 0 Å². The quantitative estimate of drug-likeness (QED) is 0.786. The molecule has 2 N–H and O–H groups in total. The minimum Gasteiger partial charge on any atom is -0.479 e. The van der Waals surface area contributed by atoms with Crippen LogP contribution in [0.4, 0.5) is 0 Å². The van der Waals surface area contributed by atoms with Gasteiger partial charge in [-0.1, -0.05) is 11.6 Å². The van der Waals surface area contributed by atoms with Gasteiger partial charge >= 0.3 is 5.97 Å². The van der Waals surface area contributed by atoms with Crippen LogP contribution < -0.4 is 0 Å². The number of rotatable bonds is 3. The van der Waals surface area contributed by atoms with Gasteiger partial charge in [-0.2, -0.15) is 0 Å². The standard InChI is InChI=1S/C7H7ClO3S/c8-4-1-2-12-6(4)3-5(9)7(10)11/h1-2,5,9H,3H2,(H,10,11). The van der Waals surface area contributed by atoms with Crippen molar-refractivity contribution in [3.63, 3.8) is 0 Å². The zero-order valence-electron chi connectivity index (χ0n) is 6.03. The Bertz CT molecular complexity index is 284. The van der Waals surface area contributed by atoms with Gasteiger partial charge in [-0.25, -0.2) is 4.79 Å². The predicted octanol–water partition coefficient (Wildman–Crippen LogP) is 1.39. The first-order valence-corrected chi connectivity index (χ1v) is 4.49. The van der Waals surface area contributed by atoms with Crippen LogP contribution in [0.25, 0.3) is 0 Å². The van der Waals surface area contributed by atoms with Crippen molar-refractivity contribution in [2.75, 3.05) is 0 Å². The molecule has 0 aliphatic heterocycles. The van der Waals surface area contributed by atoms with E-state index < -0.39 is 12.1 Å². The van der Waals surface area contributed by atoms with Crippen LogP contribution in [0.5, 0.6) is 0 Å². The second-order valence-corrected chi connectivity index (χ2v) is 3.66. The van der Waals surface area contributed by atoms with E-state index in [0.717, 1.165) is 0 Å². The Morgan fingerprint density at radius 3 is 2.83 bits per heavy atom. The third-order valence-electron chi connectivity index (χ3n) is 1.35. The summed E-state index contributed by atoms with van der Waals surface area (Å²) in [5, 5.41) is 19.6. The number of carboxylic acid groups (broad SMARTS) is 1. The van der Waals surface area contributed by atoms with E-state index in [0.29, 0.717) is 9.90 Å². The lowest BCUT2D eigenvalue weighted by molar-refractivity contribution is -0.146. The van der Waals surface area contributed by atoms with Gasteiger partial charge in [0.15, 0.2) is 6.10 Å². The summed E-state index contributed by atoms with van der Waals surface area (Å²) in [6.07, 6.45) is -1.28. The lowest BCUT2D eigenvalue weighted by atomic mass is 10.2. The number of aliphatic carboxylic acids is 1. The third kappa shape index (κ3) is 2.20. The Morgan fingerprint density at radius 1 is 1.75 bits per heavy atom. The van der Waals surface area contributed by atoms with Crippen molar-refractivity contribution in [2.24, 2.45) is 0 Å². The van der Waals surface area contributed by atoms with E-state index >= 15 is 0 Å². The predicted molar refractivity (Wildman–Crippen MR) is 46.7 cm³/mol. The SMILES string of the molecule is O=C(O)C(O)Cc1sccc1Cl. The number of aliphatic hydroxyl groups is 1. The molecule has 0 aliphatic rings. The van der Waals surface area contributed by atoms with Crippen LogP contribution >= 0.6 is 22.9 Å². The normalized spacial score (nSPS) is 12.8. The summed E-state index contributed by atoms with van der Waals surface area (Å²) in [5.41, 5.74) is 0. The third-order valence-corrected chi connectivity index (χ3v) is 2.76. The molecule has 66 valence electrons. The summed E-state index contributed by atoms with van der Waals surface area (Å²) in [7, 11) is 0. The number of carboxylic acids is 1. The molecule has 5 heteroatoms. The van der Waals surface area contributed by atoms with Crippen LogP contribution in [-0.2, 0) is 11.2 Å². The molecule has 0 saturated heterocycles. The van der Waals surface area contributed by atoms with E-state index in [-0.39, 0.29) is 6.42 Å². The van der Waals surface area contributed by atoms with Crippen LogP contribution in [0.3, 0.4) is 0 Å². The Hall–Kier alpha value is -0.580. The van der Waals surface area contributed by atoms with Crippen molar-refractivity contribution in [1.82, 2.24) is 0 Å². The molecule has 1 aromatic rings. The summed E-state index contributed by atoms with van der Waals surface area (Å²) in [6.45, 7) is 0. The van der Waals surface area contributed by atoms with Gasteiger partial charge in [0.1, 0.15) is 0 Å². The molecule has 0 bridgehead atoms. The number of hydrogen-bond donors (Lipinski definition) is 2. The summed E-state index contributed by atoms with van der Waals surface area (Å²) < 4.78 is 0. The van der Waals surface area contributed by atoms with Gasteiger partial charge in [0.2, 0.25) is 0 Å². The molecule has 1 aromatic heterocycles. The molecule has 0 amide bonds. The molecule has 12 heavy (non-hydrogen) atoms. The van der Waals surface area contributed by atoms with Crippen molar-refractivity contribution in [2.45, 2.75) is 12.5 Å². The number of thiophene rings is 1. The molecule has 0 aliphatic carbocycles. The van der Waals surface area contributed by atoms with E-state index in [1.165, 1.54) is 11.3 Å². The first-order chi connectivity index (χ1) is 5.61. The maximum absolute atomic E-state index is 10.2. The van der Waals surface area contributed by atoms with E-state index in [1.54, 1.807) is 11.4 Å². The van der Waals surface area contributed by atoms with Crippen molar-refractivity contribution in [3.05, 3.63) is 21.3 Å². The minimum absolute atomic E-state index is 0.0752. The van der Waals surface area contributed by atoms with Crippen molar-refractivity contribution < 1.29 is 15.0 Å². The van der Waals surface area contributed by atoms with Gasteiger partial charge in [-0.3, -0.25) is 0 Å². The Kier molecular flexibility index (Phi) is 3.08. The number of halogens is 1. The van der Waals surface area contributed by atoms with Gasteiger partial charge in [0.05, 0.1) is 5.02 Å². The zero-order valence-corrected chi connectivity index (χ0v) is 7.60. The molecule has 0 radical (unpaired) electrons. The zero-order chi connectivity index (χ0) is 9.14. The van der Waals surface area contributed by atoms with Crippen LogP contribution in [0.2, 0.25) is 5.02 Å². The molecule has 1 atom stereocenters. The lowest BCUT2D eigenvalue weighted by Crippen LogP contribution is -2.21. The van der Waals surface area contributed by atoms with Crippen LogP contribution in [0.15, 0.2) is 11.4 Å². The Morgan fingerprint density at radius 2 is 2.42 bits per heavy atom. The Balaban J connectivity index is 2.64. The second-order valence-electron chi connectivity index (χ2n) is 2.25. The van der Waals surface area contributed by atoms with Gasteiger partial charge in [-0.15, -0.1) is 11.3 Å². The van der Waals surface area contributed by atoms with Crippen molar-refractivity contribution >= 4 is 28.9 Å². The molecule has 0 spiro atoms. The molecule has 0 fully saturated rings. The lowest BCUT2D eigenvalue weighted by Gasteiger charge is -2.02. The summed E-state index contributed by atoms with van der Waals surface area (Å²) >= 11 is 7.03. The number of carbonyl (C=O) groups is 1. The van der Waals surface area contributed by atoms with Crippen molar-refractivity contribution in [3.8, 4) is 0 Å². The summed E-state index contributed by atoms with van der Waals surface area (Å²) in [5.74, 6) is -1.22. The maximum atomic E-state index is 10.2. The molecule has 1 unspecified atom stereocenters. The fourth-order valence-corrected chi connectivity index (χ4v) is 1.89. The summed E-state index contributed by atoms with van der Waals surface area (Å²) in [4.78, 5) is 10.9. The highest BCUT2D eigenvalue weighted by molar-refractivity contribution is 7.10. The molecule has 1 heterocycles. The Labute approximate surface area is 78.2 Å². The highest BCUT2D eigenvalue weighted by Gasteiger charge is 2.15. The second kappa shape index (κ2) is 3.89. The van der Waals surface area contributed by atoms with E-state index in [1.807, 2.05) is 0 Å². The largest absolute Gasteiger partial charge is 0.479 e. The van der Waals surface area contributed by atoms with Crippen molar-refractivity contribution in [1.29, 1.82) is 0 Å². The average molecular weight is 207 g/mol. The average Bonchev–Trinajstić information content (AvgIpc) is 2.36. The van der Waals surface area contributed by atoms with Gasteiger partial charge in [0, 0.05) is 11.3 Å². The molecular weight excluding hydrogens is 200 g/mol. The highest BCUT2D eigenvalue weighted by atomic mass is 35.5. The molecule has 3 nitrogen and oxygen atoms in total. The maximum Gasteiger partial charge on any atom is 0.332 e. The fourth-order valence-electron chi connectivity index (χ4n) is 0.734. The molecular formula is C7H7ClO3S. The number of hydrogen-bond acceptors (Lipinski definition) is 3. The first-order valence-electron chi connectivity index (χ1n) is 3.24. The molecule has 0 saturated carbocycles.